The van der Waals surface area contributed by atoms with Crippen molar-refractivity contribution in [3.8, 4) is 6.07 Å². The van der Waals surface area contributed by atoms with E-state index in [1.165, 1.54) is 4.88 Å². The number of thioether (sulfide) groups is 1. The lowest BCUT2D eigenvalue weighted by Gasteiger charge is -2.20. The minimum Gasteiger partial charge on any atom is -0.333 e. The zero-order valence-corrected chi connectivity index (χ0v) is 14.4. The predicted molar refractivity (Wildman–Crippen MR) is 97.3 cm³/mol. The maximum Gasteiger partial charge on any atom is 0.233 e. The largest absolute Gasteiger partial charge is 0.333 e. The van der Waals surface area contributed by atoms with Crippen LogP contribution in [0.1, 0.15) is 16.0 Å². The van der Waals surface area contributed by atoms with Gasteiger partial charge in [-0.1, -0.05) is 24.3 Å². The summed E-state index contributed by atoms with van der Waals surface area (Å²) in [5, 5.41) is 10.8. The van der Waals surface area contributed by atoms with Crippen LogP contribution in [-0.4, -0.2) is 23.1 Å². The first-order valence-corrected chi connectivity index (χ1v) is 9.24. The lowest BCUT2D eigenvalue weighted by Crippen LogP contribution is -2.31. The van der Waals surface area contributed by atoms with Gasteiger partial charge in [0.05, 0.1) is 23.9 Å². The van der Waals surface area contributed by atoms with Crippen molar-refractivity contribution in [2.45, 2.75) is 12.3 Å². The third kappa shape index (κ3) is 5.59. The first-order chi connectivity index (χ1) is 11.2. The van der Waals surface area contributed by atoms with E-state index in [4.69, 9.17) is 5.26 Å². The third-order valence-electron chi connectivity index (χ3n) is 3.21. The molecule has 0 atom stereocenters. The minimum atomic E-state index is 0.122. The van der Waals surface area contributed by atoms with Gasteiger partial charge in [0, 0.05) is 17.2 Å². The highest BCUT2D eigenvalue weighted by Crippen LogP contribution is 2.16. The van der Waals surface area contributed by atoms with Crippen molar-refractivity contribution in [1.82, 2.24) is 4.90 Å². The minimum absolute atomic E-state index is 0.122. The molecule has 0 saturated carbocycles. The van der Waals surface area contributed by atoms with Crippen LogP contribution in [0.15, 0.2) is 54.4 Å². The maximum absolute atomic E-state index is 12.4. The van der Waals surface area contributed by atoms with Crippen LogP contribution in [0, 0.1) is 11.3 Å². The molecule has 0 saturated heterocycles. The summed E-state index contributed by atoms with van der Waals surface area (Å²) in [5.41, 5.74) is 1.78. The standard InChI is InChI=1S/C18H18N2OS2/c1-2-9-20(12-17-4-3-10-23-17)18(21)14-22-13-16-7-5-15(11-19)6-8-16/h2-8,10H,1,9,12-14H2. The molecule has 5 heteroatoms. The number of nitrogens with zero attached hydrogens (tertiary/aromatic N) is 2. The van der Waals surface area contributed by atoms with Gasteiger partial charge < -0.3 is 4.90 Å². The van der Waals surface area contributed by atoms with Crippen molar-refractivity contribution in [3.05, 3.63) is 70.4 Å². The number of rotatable bonds is 8. The molecule has 1 aromatic carbocycles. The highest BCUT2D eigenvalue weighted by Gasteiger charge is 2.13. The summed E-state index contributed by atoms with van der Waals surface area (Å²) in [5.74, 6) is 1.33. The summed E-state index contributed by atoms with van der Waals surface area (Å²) in [6.45, 7) is 4.94. The monoisotopic (exact) mass is 342 g/mol. The number of benzene rings is 1. The number of carbonyl (C=O) groups excluding carboxylic acids is 1. The van der Waals surface area contributed by atoms with E-state index in [0.717, 1.165) is 11.3 Å². The summed E-state index contributed by atoms with van der Waals surface area (Å²) < 4.78 is 0. The van der Waals surface area contributed by atoms with Gasteiger partial charge in [0.25, 0.3) is 0 Å². The van der Waals surface area contributed by atoms with Crippen molar-refractivity contribution >= 4 is 29.0 Å². The Hall–Kier alpha value is -2.03. The van der Waals surface area contributed by atoms with Crippen LogP contribution < -0.4 is 0 Å². The third-order valence-corrected chi connectivity index (χ3v) is 5.06. The Labute approximate surface area is 145 Å². The van der Waals surface area contributed by atoms with Crippen LogP contribution in [0.25, 0.3) is 0 Å². The van der Waals surface area contributed by atoms with Gasteiger partial charge in [-0.05, 0) is 29.1 Å². The SMILES string of the molecule is C=CCN(Cc1cccs1)C(=O)CSCc1ccc(C#N)cc1. The summed E-state index contributed by atoms with van der Waals surface area (Å²) in [6.07, 6.45) is 1.76. The van der Waals surface area contributed by atoms with Gasteiger partial charge in [0.15, 0.2) is 0 Å². The molecular formula is C18H18N2OS2. The molecular weight excluding hydrogens is 324 g/mol. The molecule has 0 aliphatic carbocycles. The van der Waals surface area contributed by atoms with Crippen molar-refractivity contribution in [3.63, 3.8) is 0 Å². The highest BCUT2D eigenvalue weighted by molar-refractivity contribution is 7.99. The molecule has 23 heavy (non-hydrogen) atoms. The molecule has 118 valence electrons. The Balaban J connectivity index is 1.83. The number of nitriles is 1. The Morgan fingerprint density at radius 3 is 2.74 bits per heavy atom. The van der Waals surface area contributed by atoms with E-state index in [2.05, 4.69) is 12.6 Å². The molecule has 0 unspecified atom stereocenters. The van der Waals surface area contributed by atoms with Gasteiger partial charge in [0.1, 0.15) is 0 Å². The average molecular weight is 342 g/mol. The second-order valence-electron chi connectivity index (χ2n) is 4.94. The Kier molecular flexibility index (Phi) is 6.92. The summed E-state index contributed by atoms with van der Waals surface area (Å²) >= 11 is 3.25. The van der Waals surface area contributed by atoms with Gasteiger partial charge >= 0.3 is 0 Å². The van der Waals surface area contributed by atoms with Gasteiger partial charge in [-0.3, -0.25) is 4.79 Å². The number of hydrogen-bond acceptors (Lipinski definition) is 4. The maximum atomic E-state index is 12.4. The van der Waals surface area contributed by atoms with Crippen LogP contribution in [0.4, 0.5) is 0 Å². The lowest BCUT2D eigenvalue weighted by atomic mass is 10.2. The van der Waals surface area contributed by atoms with Crippen LogP contribution in [0.3, 0.4) is 0 Å². The fraction of sp³-hybridized carbons (Fsp3) is 0.222. The molecule has 0 aliphatic heterocycles. The Bertz CT molecular complexity index is 672. The van der Waals surface area contributed by atoms with E-state index >= 15 is 0 Å². The topological polar surface area (TPSA) is 44.1 Å². The first kappa shape index (κ1) is 17.3. The highest BCUT2D eigenvalue weighted by atomic mass is 32.2. The molecule has 0 aliphatic rings. The molecule has 3 nitrogen and oxygen atoms in total. The quantitative estimate of drug-likeness (QED) is 0.679. The van der Waals surface area contributed by atoms with Gasteiger partial charge in [-0.2, -0.15) is 5.26 Å². The van der Waals surface area contributed by atoms with Gasteiger partial charge in [0.2, 0.25) is 5.91 Å². The molecule has 1 heterocycles. The van der Waals surface area contributed by atoms with Gasteiger partial charge in [-0.25, -0.2) is 0 Å². The zero-order chi connectivity index (χ0) is 16.5. The molecule has 0 bridgehead atoms. The Morgan fingerprint density at radius 2 is 2.13 bits per heavy atom. The smallest absolute Gasteiger partial charge is 0.233 e. The van der Waals surface area contributed by atoms with E-state index in [1.54, 1.807) is 41.3 Å². The van der Waals surface area contributed by atoms with Crippen LogP contribution in [-0.2, 0) is 17.1 Å². The summed E-state index contributed by atoms with van der Waals surface area (Å²) in [7, 11) is 0. The molecule has 0 N–H and O–H groups in total. The zero-order valence-electron chi connectivity index (χ0n) is 12.8. The second kappa shape index (κ2) is 9.19. The fourth-order valence-electron chi connectivity index (χ4n) is 2.02. The number of amides is 1. The van der Waals surface area contributed by atoms with E-state index in [1.807, 2.05) is 34.5 Å². The summed E-state index contributed by atoms with van der Waals surface area (Å²) in [4.78, 5) is 15.4. The van der Waals surface area contributed by atoms with Gasteiger partial charge in [-0.15, -0.1) is 29.7 Å². The van der Waals surface area contributed by atoms with Crippen molar-refractivity contribution in [2.75, 3.05) is 12.3 Å². The molecule has 0 spiro atoms. The fourth-order valence-corrected chi connectivity index (χ4v) is 3.63. The van der Waals surface area contributed by atoms with Crippen LogP contribution in [0.5, 0.6) is 0 Å². The lowest BCUT2D eigenvalue weighted by molar-refractivity contribution is -0.128. The molecule has 2 rings (SSSR count). The number of carbonyl (C=O) groups is 1. The number of hydrogen-bond donors (Lipinski definition) is 0. The average Bonchev–Trinajstić information content (AvgIpc) is 3.08. The molecule has 2 aromatic rings. The van der Waals surface area contributed by atoms with Crippen LogP contribution in [0.2, 0.25) is 0 Å². The van der Waals surface area contributed by atoms with Crippen molar-refractivity contribution in [2.24, 2.45) is 0 Å². The molecule has 0 fully saturated rings. The van der Waals surface area contributed by atoms with Crippen LogP contribution >= 0.6 is 23.1 Å². The van der Waals surface area contributed by atoms with E-state index < -0.39 is 0 Å². The van der Waals surface area contributed by atoms with E-state index in [-0.39, 0.29) is 5.91 Å². The van der Waals surface area contributed by atoms with Crippen molar-refractivity contribution in [1.29, 1.82) is 5.26 Å². The number of thiophene rings is 1. The Morgan fingerprint density at radius 1 is 1.35 bits per heavy atom. The predicted octanol–water partition coefficient (Wildman–Crippen LogP) is 4.07. The molecule has 1 aromatic heterocycles. The second-order valence-corrected chi connectivity index (χ2v) is 6.96. The first-order valence-electron chi connectivity index (χ1n) is 7.20. The molecule has 0 radical (unpaired) electrons. The summed E-state index contributed by atoms with van der Waals surface area (Å²) in [6, 6.07) is 13.6. The van der Waals surface area contributed by atoms with E-state index in [9.17, 15) is 4.79 Å². The van der Waals surface area contributed by atoms with Crippen molar-refractivity contribution < 1.29 is 4.79 Å². The normalized spacial score (nSPS) is 10.0. The van der Waals surface area contributed by atoms with E-state index in [0.29, 0.717) is 24.4 Å². The molecule has 1 amide bonds.